The highest BCUT2D eigenvalue weighted by Crippen LogP contribution is 2.37. The fourth-order valence-electron chi connectivity index (χ4n) is 4.27. The number of hydrogen-bond donors (Lipinski definition) is 1. The number of benzene rings is 3. The highest BCUT2D eigenvalue weighted by Gasteiger charge is 2.32. The average molecular weight is 538 g/mol. The van der Waals surface area contributed by atoms with E-state index in [4.69, 9.17) is 11.6 Å². The van der Waals surface area contributed by atoms with E-state index in [1.165, 1.54) is 18.2 Å². The van der Waals surface area contributed by atoms with Gasteiger partial charge in [0.1, 0.15) is 11.5 Å². The normalized spacial score (nSPS) is 12.5. The van der Waals surface area contributed by atoms with Crippen molar-refractivity contribution in [2.45, 2.75) is 19.1 Å². The minimum absolute atomic E-state index is 0.344. The lowest BCUT2D eigenvalue weighted by Gasteiger charge is -2.15. The number of fused-ring (bicyclic) bond motifs is 1. The first-order chi connectivity index (χ1) is 18.1. The van der Waals surface area contributed by atoms with E-state index < -0.39 is 23.8 Å². The maximum Gasteiger partial charge on any atom is 0.433 e. The molecule has 3 aromatic carbocycles. The number of rotatable bonds is 5. The van der Waals surface area contributed by atoms with Gasteiger partial charge < -0.3 is 9.88 Å². The Morgan fingerprint density at radius 3 is 2.37 bits per heavy atom. The summed E-state index contributed by atoms with van der Waals surface area (Å²) in [6, 6.07) is 20.2. The van der Waals surface area contributed by atoms with Gasteiger partial charge >= 0.3 is 6.18 Å². The van der Waals surface area contributed by atoms with Gasteiger partial charge in [0.05, 0.1) is 11.6 Å². The molecule has 2 heterocycles. The zero-order valence-corrected chi connectivity index (χ0v) is 20.7. The van der Waals surface area contributed by atoms with E-state index in [-0.39, 0.29) is 5.82 Å². The second-order valence-corrected chi connectivity index (χ2v) is 9.18. The molecule has 0 bridgehead atoms. The molecule has 192 valence electrons. The van der Waals surface area contributed by atoms with Crippen molar-refractivity contribution in [1.29, 1.82) is 0 Å². The number of carbonyl (C=O) groups is 1. The van der Waals surface area contributed by atoms with E-state index in [1.54, 1.807) is 37.3 Å². The van der Waals surface area contributed by atoms with Gasteiger partial charge in [0.25, 0.3) is 5.91 Å². The number of nitrogens with zero attached hydrogens (tertiary/aromatic N) is 2. The van der Waals surface area contributed by atoms with Crippen molar-refractivity contribution in [3.05, 3.63) is 119 Å². The molecular weight excluding hydrogens is 518 g/mol. The first-order valence-electron chi connectivity index (χ1n) is 11.6. The predicted molar refractivity (Wildman–Crippen MR) is 139 cm³/mol. The van der Waals surface area contributed by atoms with E-state index in [2.05, 4.69) is 10.3 Å². The maximum atomic E-state index is 13.6. The molecule has 5 aromatic rings. The molecule has 9 heteroatoms. The van der Waals surface area contributed by atoms with Crippen LogP contribution in [-0.4, -0.2) is 15.5 Å². The Labute approximate surface area is 220 Å². The molecule has 0 saturated heterocycles. The molecule has 0 saturated carbocycles. The van der Waals surface area contributed by atoms with Crippen LogP contribution in [0.5, 0.6) is 0 Å². The van der Waals surface area contributed by atoms with Crippen LogP contribution in [0, 0.1) is 5.82 Å². The minimum atomic E-state index is -4.54. The molecule has 1 N–H and O–H groups in total. The summed E-state index contributed by atoms with van der Waals surface area (Å²) in [7, 11) is 0. The number of hydrogen-bond acceptors (Lipinski definition) is 2. The van der Waals surface area contributed by atoms with Crippen LogP contribution >= 0.6 is 11.6 Å². The number of aromatic nitrogens is 2. The van der Waals surface area contributed by atoms with Crippen molar-refractivity contribution >= 4 is 28.4 Å². The second kappa shape index (κ2) is 9.95. The molecule has 0 aliphatic heterocycles. The van der Waals surface area contributed by atoms with Crippen LogP contribution in [0.15, 0.2) is 91.3 Å². The third-order valence-electron chi connectivity index (χ3n) is 6.26. The van der Waals surface area contributed by atoms with Gasteiger partial charge in [-0.2, -0.15) is 13.2 Å². The lowest BCUT2D eigenvalue weighted by molar-refractivity contribution is -0.141. The molecule has 0 spiro atoms. The summed E-state index contributed by atoms with van der Waals surface area (Å²) in [5.41, 5.74) is 2.81. The second-order valence-electron chi connectivity index (χ2n) is 8.77. The number of pyridine rings is 1. The van der Waals surface area contributed by atoms with Crippen LogP contribution in [0.3, 0.4) is 0 Å². The van der Waals surface area contributed by atoms with Crippen LogP contribution < -0.4 is 5.32 Å². The summed E-state index contributed by atoms with van der Waals surface area (Å²) in [6.45, 7) is 1.66. The van der Waals surface area contributed by atoms with Gasteiger partial charge in [0.15, 0.2) is 0 Å². The topological polar surface area (TPSA) is 46.9 Å². The van der Waals surface area contributed by atoms with Crippen LogP contribution in [0.1, 0.15) is 34.6 Å². The van der Waals surface area contributed by atoms with Crippen LogP contribution in [0.2, 0.25) is 5.02 Å². The zero-order valence-electron chi connectivity index (χ0n) is 19.9. The quantitative estimate of drug-likeness (QED) is 0.231. The lowest BCUT2D eigenvalue weighted by atomic mass is 10.0. The summed E-state index contributed by atoms with van der Waals surface area (Å²) in [5.74, 6) is -0.784. The molecule has 4 nitrogen and oxygen atoms in total. The van der Waals surface area contributed by atoms with Gasteiger partial charge in [0, 0.05) is 45.2 Å². The van der Waals surface area contributed by atoms with Crippen LogP contribution in [0.4, 0.5) is 17.6 Å². The Kier molecular flexibility index (Phi) is 6.67. The SMILES string of the molecule is C[C@@H](NC(=O)c1ccc2c(-c3ccccc3Cl)cn(-c3ccc(F)cc3)c2c1)c1ccc(C(F)(F)F)nc1. The molecular formula is C29H20ClF4N3O. The highest BCUT2D eigenvalue weighted by atomic mass is 35.5. The van der Waals surface area contributed by atoms with Crippen molar-refractivity contribution in [2.75, 3.05) is 0 Å². The van der Waals surface area contributed by atoms with E-state index in [1.807, 2.05) is 35.0 Å². The molecule has 0 aliphatic rings. The molecule has 0 aliphatic carbocycles. The Morgan fingerprint density at radius 1 is 0.974 bits per heavy atom. The van der Waals surface area contributed by atoms with Gasteiger partial charge in [-0.15, -0.1) is 0 Å². The molecule has 5 rings (SSSR count). The summed E-state index contributed by atoms with van der Waals surface area (Å²) >= 11 is 6.48. The van der Waals surface area contributed by atoms with Crippen molar-refractivity contribution in [3.8, 4) is 16.8 Å². The minimum Gasteiger partial charge on any atom is -0.345 e. The fraction of sp³-hybridized carbons (Fsp3) is 0.103. The van der Waals surface area contributed by atoms with E-state index in [0.717, 1.165) is 28.8 Å². The van der Waals surface area contributed by atoms with Crippen molar-refractivity contribution in [3.63, 3.8) is 0 Å². The van der Waals surface area contributed by atoms with E-state index in [0.29, 0.717) is 27.4 Å². The maximum absolute atomic E-state index is 13.6. The molecule has 1 atom stereocenters. The van der Waals surface area contributed by atoms with Gasteiger partial charge in [0.2, 0.25) is 0 Å². The number of halogens is 5. The number of nitrogens with one attached hydrogen (secondary N) is 1. The van der Waals surface area contributed by atoms with Gasteiger partial charge in [-0.25, -0.2) is 4.39 Å². The third-order valence-corrected chi connectivity index (χ3v) is 6.59. The Morgan fingerprint density at radius 2 is 1.71 bits per heavy atom. The van der Waals surface area contributed by atoms with E-state index >= 15 is 0 Å². The summed E-state index contributed by atoms with van der Waals surface area (Å²) in [4.78, 5) is 16.6. The zero-order chi connectivity index (χ0) is 27.0. The third kappa shape index (κ3) is 4.99. The number of alkyl halides is 3. The Bertz CT molecular complexity index is 1630. The first-order valence-corrected chi connectivity index (χ1v) is 12.0. The molecule has 0 unspecified atom stereocenters. The summed E-state index contributed by atoms with van der Waals surface area (Å²) < 4.78 is 53.9. The monoisotopic (exact) mass is 537 g/mol. The predicted octanol–water partition coefficient (Wildman–Crippen LogP) is 7.99. The molecule has 2 aromatic heterocycles. The lowest BCUT2D eigenvalue weighted by Crippen LogP contribution is -2.26. The summed E-state index contributed by atoms with van der Waals surface area (Å²) in [5, 5.41) is 4.20. The smallest absolute Gasteiger partial charge is 0.345 e. The van der Waals surface area contributed by atoms with Crippen molar-refractivity contribution in [1.82, 2.24) is 14.9 Å². The highest BCUT2D eigenvalue weighted by molar-refractivity contribution is 6.33. The number of amides is 1. The molecule has 0 radical (unpaired) electrons. The van der Waals surface area contributed by atoms with Crippen molar-refractivity contribution in [2.24, 2.45) is 0 Å². The molecule has 1 amide bonds. The van der Waals surface area contributed by atoms with Gasteiger partial charge in [-0.1, -0.05) is 41.9 Å². The van der Waals surface area contributed by atoms with E-state index in [9.17, 15) is 22.4 Å². The Balaban J connectivity index is 1.51. The van der Waals surface area contributed by atoms with Gasteiger partial charge in [-0.3, -0.25) is 9.78 Å². The van der Waals surface area contributed by atoms with Crippen LogP contribution in [-0.2, 0) is 6.18 Å². The average Bonchev–Trinajstić information content (AvgIpc) is 3.27. The fourth-order valence-corrected chi connectivity index (χ4v) is 4.51. The standard InChI is InChI=1S/C29H20ClF4N3O/c1-17(19-7-13-27(35-15-19)29(32,33)34)36-28(38)18-6-12-23-24(22-4-2-3-5-25(22)30)16-37(26(23)14-18)21-10-8-20(31)9-11-21/h2-17H,1H3,(H,36,38)/t17-/m1/s1. The Hall–Kier alpha value is -4.17. The molecule has 38 heavy (non-hydrogen) atoms. The van der Waals surface area contributed by atoms with Crippen molar-refractivity contribution < 1.29 is 22.4 Å². The van der Waals surface area contributed by atoms with Gasteiger partial charge in [-0.05, 0) is 61.0 Å². The first kappa shape index (κ1) is 25.5. The molecule has 0 fully saturated rings. The largest absolute Gasteiger partial charge is 0.433 e. The summed E-state index contributed by atoms with van der Waals surface area (Å²) in [6.07, 6.45) is -1.55. The van der Waals surface area contributed by atoms with Crippen LogP contribution in [0.25, 0.3) is 27.7 Å². The number of carbonyl (C=O) groups excluding carboxylic acids is 1.